The van der Waals surface area contributed by atoms with Crippen LogP contribution in [0.25, 0.3) is 44.3 Å². The first-order valence-corrected chi connectivity index (χ1v) is 12.1. The Morgan fingerprint density at radius 2 is 1.14 bits per heavy atom. The number of rotatable bonds is 3. The highest BCUT2D eigenvalue weighted by Crippen LogP contribution is 2.45. The van der Waals surface area contributed by atoms with Gasteiger partial charge in [0.15, 0.2) is 0 Å². The van der Waals surface area contributed by atoms with E-state index in [2.05, 4.69) is 24.0 Å². The molecule has 0 spiro atoms. The Kier molecular flexibility index (Phi) is 5.77. The van der Waals surface area contributed by atoms with Gasteiger partial charge in [-0.15, -0.1) is 4.73 Å². The van der Waals surface area contributed by atoms with Gasteiger partial charge in [-0.25, -0.2) is 0 Å². The molecule has 176 valence electrons. The SMILES string of the molecule is COn1c(-c2ccccc2)c(-c2ccccc2)c2c(C#Cc3ccccc3)c3cccccc-3c2c1=O. The lowest BCUT2D eigenvalue weighted by Crippen LogP contribution is -2.27. The minimum atomic E-state index is -0.208. The molecule has 2 aliphatic rings. The maximum Gasteiger partial charge on any atom is 0.292 e. The summed E-state index contributed by atoms with van der Waals surface area (Å²) in [6.07, 6.45) is 0. The molecular formula is C34H23NO2. The van der Waals surface area contributed by atoms with Gasteiger partial charge in [0, 0.05) is 27.6 Å². The third-order valence-electron chi connectivity index (χ3n) is 6.56. The van der Waals surface area contributed by atoms with Crippen LogP contribution in [-0.2, 0) is 0 Å². The predicted octanol–water partition coefficient (Wildman–Crippen LogP) is 6.90. The fraction of sp³-hybridized carbons (Fsp3) is 0.0294. The van der Waals surface area contributed by atoms with Gasteiger partial charge in [-0.2, -0.15) is 0 Å². The lowest BCUT2D eigenvalue weighted by molar-refractivity contribution is 0.163. The van der Waals surface area contributed by atoms with E-state index in [0.717, 1.165) is 44.3 Å². The summed E-state index contributed by atoms with van der Waals surface area (Å²) in [5, 5.41) is 1.44. The van der Waals surface area contributed by atoms with Crippen LogP contribution in [0.1, 0.15) is 11.1 Å². The first-order chi connectivity index (χ1) is 18.3. The average Bonchev–Trinajstić information content (AvgIpc) is 3.08. The topological polar surface area (TPSA) is 31.2 Å². The van der Waals surface area contributed by atoms with Gasteiger partial charge in [-0.1, -0.05) is 121 Å². The van der Waals surface area contributed by atoms with Crippen LogP contribution in [0.2, 0.25) is 0 Å². The number of aromatic nitrogens is 1. The van der Waals surface area contributed by atoms with Crippen molar-refractivity contribution in [3.8, 4) is 45.4 Å². The second kappa shape index (κ2) is 9.53. The lowest BCUT2D eigenvalue weighted by atomic mass is 9.94. The van der Waals surface area contributed by atoms with Gasteiger partial charge in [-0.3, -0.25) is 4.79 Å². The Morgan fingerprint density at radius 3 is 1.76 bits per heavy atom. The lowest BCUT2D eigenvalue weighted by Gasteiger charge is -2.18. The first kappa shape index (κ1) is 22.4. The van der Waals surface area contributed by atoms with Crippen LogP contribution in [0.15, 0.2) is 126 Å². The number of benzene rings is 3. The van der Waals surface area contributed by atoms with E-state index in [1.807, 2.05) is 109 Å². The van der Waals surface area contributed by atoms with Crippen molar-refractivity contribution in [2.24, 2.45) is 0 Å². The monoisotopic (exact) mass is 477 g/mol. The van der Waals surface area contributed by atoms with Gasteiger partial charge in [-0.05, 0) is 28.8 Å². The molecule has 0 saturated carbocycles. The quantitative estimate of drug-likeness (QED) is 0.260. The van der Waals surface area contributed by atoms with Crippen LogP contribution in [-0.4, -0.2) is 11.8 Å². The molecule has 3 nitrogen and oxygen atoms in total. The molecule has 0 atom stereocenters. The normalized spacial score (nSPS) is 10.7. The number of pyridine rings is 1. The zero-order chi connectivity index (χ0) is 25.2. The first-order valence-electron chi connectivity index (χ1n) is 12.1. The van der Waals surface area contributed by atoms with Crippen molar-refractivity contribution >= 4 is 10.8 Å². The van der Waals surface area contributed by atoms with E-state index in [9.17, 15) is 4.79 Å². The van der Waals surface area contributed by atoms with Crippen molar-refractivity contribution in [1.82, 2.24) is 4.73 Å². The maximum atomic E-state index is 14.1. The van der Waals surface area contributed by atoms with Crippen LogP contribution in [0.4, 0.5) is 0 Å². The average molecular weight is 478 g/mol. The van der Waals surface area contributed by atoms with Crippen molar-refractivity contribution in [2.45, 2.75) is 0 Å². The molecule has 3 heteroatoms. The summed E-state index contributed by atoms with van der Waals surface area (Å²) in [7, 11) is 1.54. The number of hydrogen-bond acceptors (Lipinski definition) is 2. The van der Waals surface area contributed by atoms with E-state index in [0.29, 0.717) is 11.1 Å². The van der Waals surface area contributed by atoms with Gasteiger partial charge in [0.2, 0.25) is 0 Å². The van der Waals surface area contributed by atoms with Crippen LogP contribution in [0.5, 0.6) is 0 Å². The molecule has 0 fully saturated rings. The van der Waals surface area contributed by atoms with Crippen molar-refractivity contribution in [2.75, 3.05) is 7.11 Å². The van der Waals surface area contributed by atoms with E-state index in [1.54, 1.807) is 0 Å². The van der Waals surface area contributed by atoms with Crippen molar-refractivity contribution < 1.29 is 4.84 Å². The Morgan fingerprint density at radius 1 is 0.595 bits per heavy atom. The predicted molar refractivity (Wildman–Crippen MR) is 151 cm³/mol. The number of nitrogens with zero attached hydrogens (tertiary/aromatic N) is 1. The zero-order valence-corrected chi connectivity index (χ0v) is 20.3. The molecule has 6 rings (SSSR count). The highest BCUT2D eigenvalue weighted by Gasteiger charge is 2.28. The second-order valence-electron chi connectivity index (χ2n) is 8.72. The minimum absolute atomic E-state index is 0.208. The molecular weight excluding hydrogens is 454 g/mol. The second-order valence-corrected chi connectivity index (χ2v) is 8.72. The van der Waals surface area contributed by atoms with Crippen molar-refractivity contribution in [1.29, 1.82) is 0 Å². The molecule has 0 N–H and O–H groups in total. The molecule has 4 aromatic rings. The zero-order valence-electron chi connectivity index (χ0n) is 20.3. The highest BCUT2D eigenvalue weighted by molar-refractivity contribution is 6.15. The molecule has 0 radical (unpaired) electrons. The summed E-state index contributed by atoms with van der Waals surface area (Å²) in [6, 6.07) is 39.9. The molecule has 0 amide bonds. The number of hydrogen-bond donors (Lipinski definition) is 0. The van der Waals surface area contributed by atoms with Gasteiger partial charge in [0.25, 0.3) is 5.56 Å². The van der Waals surface area contributed by atoms with Crippen molar-refractivity contribution in [3.63, 3.8) is 0 Å². The summed E-state index contributed by atoms with van der Waals surface area (Å²) >= 11 is 0. The minimum Gasteiger partial charge on any atom is -0.413 e. The largest absolute Gasteiger partial charge is 0.413 e. The molecule has 2 aliphatic carbocycles. The van der Waals surface area contributed by atoms with E-state index in [4.69, 9.17) is 4.84 Å². The van der Waals surface area contributed by atoms with Gasteiger partial charge in [0.05, 0.1) is 11.1 Å². The highest BCUT2D eigenvalue weighted by atomic mass is 16.6. The van der Waals surface area contributed by atoms with Crippen LogP contribution in [0.3, 0.4) is 0 Å². The van der Waals surface area contributed by atoms with Crippen LogP contribution in [0, 0.1) is 11.8 Å². The standard InChI is InChI=1S/C34H23NO2/c1-37-35-33(26-18-10-4-11-19-26)30(25-16-8-3-9-17-25)31-29(23-22-24-14-6-2-7-15-24)27-20-12-5-13-21-28(27)32(31)34(35)36/h2-21H,1H3. The Balaban J connectivity index is 1.87. The molecule has 3 aromatic carbocycles. The summed E-state index contributed by atoms with van der Waals surface area (Å²) in [6.45, 7) is 0. The third kappa shape index (κ3) is 3.86. The fourth-order valence-corrected chi connectivity index (χ4v) is 4.98. The van der Waals surface area contributed by atoms with Gasteiger partial charge in [0.1, 0.15) is 7.11 Å². The smallest absolute Gasteiger partial charge is 0.292 e. The molecule has 0 aliphatic heterocycles. The van der Waals surface area contributed by atoms with Crippen LogP contribution >= 0.6 is 0 Å². The Hall–Kier alpha value is -5.07. The van der Waals surface area contributed by atoms with Gasteiger partial charge < -0.3 is 4.84 Å². The molecule has 0 bridgehead atoms. The Bertz CT molecular complexity index is 1810. The van der Waals surface area contributed by atoms with E-state index < -0.39 is 0 Å². The Labute approximate surface area is 215 Å². The summed E-state index contributed by atoms with van der Waals surface area (Å²) in [5.74, 6) is 6.79. The molecule has 37 heavy (non-hydrogen) atoms. The molecule has 1 aromatic heterocycles. The van der Waals surface area contributed by atoms with E-state index in [-0.39, 0.29) is 5.56 Å². The maximum absolute atomic E-state index is 14.1. The third-order valence-corrected chi connectivity index (χ3v) is 6.56. The molecule has 0 saturated heterocycles. The number of fused-ring (bicyclic) bond motifs is 3. The fourth-order valence-electron chi connectivity index (χ4n) is 4.98. The van der Waals surface area contributed by atoms with Gasteiger partial charge >= 0.3 is 0 Å². The summed E-state index contributed by atoms with van der Waals surface area (Å²) < 4.78 is 1.42. The van der Waals surface area contributed by atoms with Crippen molar-refractivity contribution in [3.05, 3.63) is 143 Å². The van der Waals surface area contributed by atoms with Crippen LogP contribution < -0.4 is 10.4 Å². The van der Waals surface area contributed by atoms with E-state index in [1.165, 1.54) is 11.8 Å². The summed E-state index contributed by atoms with van der Waals surface area (Å²) in [5.41, 5.74) is 6.82. The van der Waals surface area contributed by atoms with E-state index >= 15 is 0 Å². The molecule has 1 heterocycles. The summed E-state index contributed by atoms with van der Waals surface area (Å²) in [4.78, 5) is 19.9. The molecule has 0 unspecified atom stereocenters.